The number of ether oxygens (including phenoxy) is 1. The van der Waals surface area contributed by atoms with E-state index in [0.717, 1.165) is 32.5 Å². The van der Waals surface area contributed by atoms with Crippen LogP contribution in [0.5, 0.6) is 0 Å². The number of hydrogen-bond acceptors (Lipinski definition) is 4. The Kier molecular flexibility index (Phi) is 7.53. The van der Waals surface area contributed by atoms with E-state index in [-0.39, 0.29) is 23.3 Å². The average molecular weight is 416 g/mol. The van der Waals surface area contributed by atoms with E-state index in [1.54, 1.807) is 12.0 Å². The molecule has 2 heterocycles. The van der Waals surface area contributed by atoms with Gasteiger partial charge in [0.1, 0.15) is 6.04 Å². The van der Waals surface area contributed by atoms with Gasteiger partial charge in [0, 0.05) is 26.7 Å². The van der Waals surface area contributed by atoms with E-state index in [2.05, 4.69) is 48.3 Å². The van der Waals surface area contributed by atoms with Gasteiger partial charge in [-0.2, -0.15) is 0 Å². The lowest BCUT2D eigenvalue weighted by molar-refractivity contribution is -0.141. The van der Waals surface area contributed by atoms with Crippen LogP contribution >= 0.6 is 0 Å². The Morgan fingerprint density at radius 3 is 2.47 bits per heavy atom. The highest BCUT2D eigenvalue weighted by Gasteiger charge is 2.53. The number of methoxy groups -OCH3 is 1. The number of rotatable bonds is 8. The zero-order valence-electron chi connectivity index (χ0n) is 18.9. The van der Waals surface area contributed by atoms with Crippen LogP contribution in [0.4, 0.5) is 0 Å². The Morgan fingerprint density at radius 2 is 1.90 bits per heavy atom. The summed E-state index contributed by atoms with van der Waals surface area (Å²) in [6.07, 6.45) is 2.29. The first kappa shape index (κ1) is 22.8. The van der Waals surface area contributed by atoms with Gasteiger partial charge in [-0.25, -0.2) is 0 Å². The minimum atomic E-state index is -0.378. The average Bonchev–Trinajstić information content (AvgIpc) is 3.02. The third-order valence-electron chi connectivity index (χ3n) is 6.79. The van der Waals surface area contributed by atoms with Crippen LogP contribution in [-0.2, 0) is 20.9 Å². The number of amides is 2. The van der Waals surface area contributed by atoms with Gasteiger partial charge in [-0.05, 0) is 56.3 Å². The number of benzene rings is 1. The molecule has 3 rings (SSSR count). The minimum absolute atomic E-state index is 0.0493. The van der Waals surface area contributed by atoms with Crippen LogP contribution in [0.25, 0.3) is 0 Å². The second-order valence-electron chi connectivity index (χ2n) is 9.05. The molecule has 30 heavy (non-hydrogen) atoms. The number of nitrogens with zero attached hydrogens (tertiary/aromatic N) is 2. The van der Waals surface area contributed by atoms with E-state index in [9.17, 15) is 9.59 Å². The van der Waals surface area contributed by atoms with Gasteiger partial charge in [0.05, 0.1) is 12.0 Å². The Morgan fingerprint density at radius 1 is 1.23 bits per heavy atom. The van der Waals surface area contributed by atoms with Crippen LogP contribution in [0.3, 0.4) is 0 Å². The quantitative estimate of drug-likeness (QED) is 0.663. The first-order valence-electron chi connectivity index (χ1n) is 11.3. The first-order valence-corrected chi connectivity index (χ1v) is 11.3. The van der Waals surface area contributed by atoms with Crippen molar-refractivity contribution < 1.29 is 14.3 Å². The summed E-state index contributed by atoms with van der Waals surface area (Å²) in [5.41, 5.74) is 2.30. The molecule has 6 heteroatoms. The van der Waals surface area contributed by atoms with Crippen LogP contribution < -0.4 is 5.32 Å². The summed E-state index contributed by atoms with van der Waals surface area (Å²) >= 11 is 0. The van der Waals surface area contributed by atoms with E-state index in [1.165, 1.54) is 11.1 Å². The normalized spacial score (nSPS) is 21.6. The lowest BCUT2D eigenvalue weighted by Crippen LogP contribution is -2.46. The van der Waals surface area contributed by atoms with E-state index < -0.39 is 0 Å². The molecule has 1 unspecified atom stereocenters. The molecule has 1 aromatic rings. The third kappa shape index (κ3) is 4.86. The van der Waals surface area contributed by atoms with Crippen LogP contribution in [0.1, 0.15) is 57.1 Å². The van der Waals surface area contributed by atoms with Crippen molar-refractivity contribution in [3.05, 3.63) is 35.4 Å². The van der Waals surface area contributed by atoms with Gasteiger partial charge in [-0.15, -0.1) is 0 Å². The molecule has 166 valence electrons. The summed E-state index contributed by atoms with van der Waals surface area (Å²) in [4.78, 5) is 30.1. The molecule has 0 bridgehead atoms. The fourth-order valence-corrected chi connectivity index (χ4v) is 4.83. The summed E-state index contributed by atoms with van der Waals surface area (Å²) in [5.74, 6) is 0.660. The van der Waals surface area contributed by atoms with Crippen molar-refractivity contribution in [3.63, 3.8) is 0 Å². The van der Waals surface area contributed by atoms with Gasteiger partial charge in [0.25, 0.3) is 0 Å². The van der Waals surface area contributed by atoms with E-state index in [4.69, 9.17) is 4.74 Å². The molecule has 0 aromatic heterocycles. The van der Waals surface area contributed by atoms with Crippen molar-refractivity contribution in [2.24, 2.45) is 5.41 Å². The number of hydrogen-bond donors (Lipinski definition) is 1. The number of likely N-dealkylation sites (tertiary alicyclic amines) is 2. The number of likely N-dealkylation sites (N-methyl/N-ethyl adjacent to an activating group) is 1. The SMILES string of the molecule is CCN1C(=O)C2(CCN(Cc3ccc(C(C)C)cc3)CC2)CC1C(=O)NCCOC. The second kappa shape index (κ2) is 9.92. The maximum Gasteiger partial charge on any atom is 0.242 e. The molecule has 1 N–H and O–H groups in total. The zero-order valence-corrected chi connectivity index (χ0v) is 18.9. The molecule has 1 spiro atoms. The predicted octanol–water partition coefficient (Wildman–Crippen LogP) is 2.78. The fraction of sp³-hybridized carbons (Fsp3) is 0.667. The lowest BCUT2D eigenvalue weighted by Gasteiger charge is -2.38. The molecule has 1 atom stereocenters. The summed E-state index contributed by atoms with van der Waals surface area (Å²) in [5, 5.41) is 2.92. The monoisotopic (exact) mass is 415 g/mol. The first-order chi connectivity index (χ1) is 14.4. The number of nitrogens with one attached hydrogen (secondary N) is 1. The standard InChI is InChI=1S/C24H37N3O3/c1-5-27-21(22(28)25-12-15-30-4)16-24(23(27)29)10-13-26(14-11-24)17-19-6-8-20(9-7-19)18(2)3/h6-9,18,21H,5,10-17H2,1-4H3,(H,25,28). The third-order valence-corrected chi connectivity index (χ3v) is 6.79. The van der Waals surface area contributed by atoms with Gasteiger partial charge in [0.2, 0.25) is 11.8 Å². The van der Waals surface area contributed by atoms with Crippen molar-refractivity contribution in [2.75, 3.05) is 39.9 Å². The zero-order chi connectivity index (χ0) is 21.7. The fourth-order valence-electron chi connectivity index (χ4n) is 4.83. The van der Waals surface area contributed by atoms with Crippen molar-refractivity contribution >= 4 is 11.8 Å². The van der Waals surface area contributed by atoms with Crippen molar-refractivity contribution in [3.8, 4) is 0 Å². The molecule has 6 nitrogen and oxygen atoms in total. The Balaban J connectivity index is 1.59. The Labute approximate surface area is 180 Å². The van der Waals surface area contributed by atoms with Crippen LogP contribution in [0, 0.1) is 5.41 Å². The van der Waals surface area contributed by atoms with E-state index in [1.807, 2.05) is 6.92 Å². The molecule has 2 saturated heterocycles. The largest absolute Gasteiger partial charge is 0.383 e. The summed E-state index contributed by atoms with van der Waals surface area (Å²) in [6.45, 7) is 10.6. The van der Waals surface area contributed by atoms with Crippen molar-refractivity contribution in [2.45, 2.75) is 58.5 Å². The number of carbonyl (C=O) groups is 2. The molecule has 0 aliphatic carbocycles. The maximum atomic E-state index is 13.2. The van der Waals surface area contributed by atoms with Gasteiger partial charge in [-0.1, -0.05) is 38.1 Å². The van der Waals surface area contributed by atoms with Crippen molar-refractivity contribution in [1.29, 1.82) is 0 Å². The maximum absolute atomic E-state index is 13.2. The second-order valence-corrected chi connectivity index (χ2v) is 9.05. The Bertz CT molecular complexity index is 724. The smallest absolute Gasteiger partial charge is 0.242 e. The van der Waals surface area contributed by atoms with Crippen LogP contribution in [0.2, 0.25) is 0 Å². The topological polar surface area (TPSA) is 61.9 Å². The predicted molar refractivity (Wildman–Crippen MR) is 118 cm³/mol. The highest BCUT2D eigenvalue weighted by atomic mass is 16.5. The molecule has 1 aromatic carbocycles. The molecular weight excluding hydrogens is 378 g/mol. The van der Waals surface area contributed by atoms with Crippen LogP contribution in [0.15, 0.2) is 24.3 Å². The molecule has 0 saturated carbocycles. The van der Waals surface area contributed by atoms with Gasteiger partial charge >= 0.3 is 0 Å². The molecule has 2 aliphatic rings. The molecule has 2 amide bonds. The highest BCUT2D eigenvalue weighted by Crippen LogP contribution is 2.44. The van der Waals surface area contributed by atoms with Crippen LogP contribution in [-0.4, -0.2) is 67.6 Å². The number of carbonyl (C=O) groups excluding carboxylic acids is 2. The van der Waals surface area contributed by atoms with Crippen molar-refractivity contribution in [1.82, 2.24) is 15.1 Å². The summed E-state index contributed by atoms with van der Waals surface area (Å²) in [6, 6.07) is 8.53. The molecule has 2 fully saturated rings. The van der Waals surface area contributed by atoms with E-state index in [0.29, 0.717) is 32.0 Å². The number of piperidine rings is 1. The van der Waals surface area contributed by atoms with E-state index >= 15 is 0 Å². The molecular formula is C24H37N3O3. The Hall–Kier alpha value is -1.92. The molecule has 2 aliphatic heterocycles. The summed E-state index contributed by atoms with van der Waals surface area (Å²) < 4.78 is 5.02. The van der Waals surface area contributed by atoms with Gasteiger partial charge in [-0.3, -0.25) is 14.5 Å². The van der Waals surface area contributed by atoms with Gasteiger partial charge < -0.3 is 15.0 Å². The molecule has 0 radical (unpaired) electrons. The minimum Gasteiger partial charge on any atom is -0.383 e. The lowest BCUT2D eigenvalue weighted by atomic mass is 9.76. The van der Waals surface area contributed by atoms with Gasteiger partial charge in [0.15, 0.2) is 0 Å². The highest BCUT2D eigenvalue weighted by molar-refractivity contribution is 5.94. The summed E-state index contributed by atoms with van der Waals surface area (Å²) in [7, 11) is 1.62.